The number of nitrogens with one attached hydrogen (secondary N) is 1. The molecular weight excluding hydrogens is 216 g/mol. The Labute approximate surface area is 103 Å². The predicted molar refractivity (Wildman–Crippen MR) is 66.9 cm³/mol. The lowest BCUT2D eigenvalue weighted by Gasteiger charge is -2.31. The first-order valence-corrected chi connectivity index (χ1v) is 6.36. The number of likely N-dealkylation sites (tertiary alicyclic amines) is 1. The van der Waals surface area contributed by atoms with Crippen molar-refractivity contribution in [3.05, 3.63) is 24.2 Å². The van der Waals surface area contributed by atoms with Crippen LogP contribution in [0.3, 0.4) is 0 Å². The molecule has 0 amide bonds. The number of piperidine rings is 1. The molecule has 0 unspecified atom stereocenters. The molecule has 1 N–H and O–H groups in total. The molecule has 2 rings (SSSR count). The van der Waals surface area contributed by atoms with Crippen molar-refractivity contribution < 1.29 is 9.15 Å². The summed E-state index contributed by atoms with van der Waals surface area (Å²) in [5, 5.41) is 3.39. The molecule has 0 bridgehead atoms. The number of ether oxygens (including phenoxy) is 1. The van der Waals surface area contributed by atoms with Gasteiger partial charge in [-0.25, -0.2) is 0 Å². The van der Waals surface area contributed by atoms with Gasteiger partial charge in [0.1, 0.15) is 5.76 Å². The zero-order chi connectivity index (χ0) is 11.9. The molecule has 2 heterocycles. The minimum atomic E-state index is 0.474. The average molecular weight is 238 g/mol. The summed E-state index contributed by atoms with van der Waals surface area (Å²) in [4.78, 5) is 2.49. The second-order valence-corrected chi connectivity index (χ2v) is 4.53. The summed E-state index contributed by atoms with van der Waals surface area (Å²) in [5.41, 5.74) is 0. The van der Waals surface area contributed by atoms with Gasteiger partial charge in [-0.3, -0.25) is 0 Å². The molecule has 1 aromatic rings. The van der Waals surface area contributed by atoms with Crippen LogP contribution in [0.25, 0.3) is 0 Å². The first-order chi connectivity index (χ1) is 8.38. The molecule has 0 aromatic carbocycles. The van der Waals surface area contributed by atoms with E-state index in [1.165, 1.54) is 0 Å². The van der Waals surface area contributed by atoms with Crippen molar-refractivity contribution >= 4 is 0 Å². The zero-order valence-electron chi connectivity index (χ0n) is 10.5. The fourth-order valence-electron chi connectivity index (χ4n) is 2.23. The first kappa shape index (κ1) is 12.6. The molecule has 0 radical (unpaired) electrons. The van der Waals surface area contributed by atoms with Crippen molar-refractivity contribution in [1.29, 1.82) is 0 Å². The highest BCUT2D eigenvalue weighted by atomic mass is 16.5. The van der Waals surface area contributed by atoms with Crippen LogP contribution in [0, 0.1) is 0 Å². The standard InChI is InChI=1S/C13H22N2O2/c1-16-12-4-7-15(8-5-12)9-6-14-11-13-3-2-10-17-13/h2-3,10,12,14H,4-9,11H2,1H3. The van der Waals surface area contributed by atoms with Gasteiger partial charge in [-0.2, -0.15) is 0 Å². The van der Waals surface area contributed by atoms with E-state index in [0.29, 0.717) is 6.10 Å². The van der Waals surface area contributed by atoms with Crippen LogP contribution in [-0.4, -0.2) is 44.3 Å². The Bertz CT molecular complexity index is 292. The van der Waals surface area contributed by atoms with Gasteiger partial charge in [-0.15, -0.1) is 0 Å². The molecule has 0 spiro atoms. The summed E-state index contributed by atoms with van der Waals surface area (Å²) >= 11 is 0. The molecule has 0 saturated carbocycles. The zero-order valence-corrected chi connectivity index (χ0v) is 10.5. The average Bonchev–Trinajstić information content (AvgIpc) is 2.88. The van der Waals surface area contributed by atoms with Crippen molar-refractivity contribution in [2.45, 2.75) is 25.5 Å². The summed E-state index contributed by atoms with van der Waals surface area (Å²) in [5.74, 6) is 1.00. The van der Waals surface area contributed by atoms with Gasteiger partial charge in [0, 0.05) is 33.3 Å². The smallest absolute Gasteiger partial charge is 0.117 e. The third kappa shape index (κ3) is 4.15. The highest BCUT2D eigenvalue weighted by Crippen LogP contribution is 2.11. The molecular formula is C13H22N2O2. The van der Waals surface area contributed by atoms with Crippen molar-refractivity contribution in [2.75, 3.05) is 33.3 Å². The van der Waals surface area contributed by atoms with Crippen molar-refractivity contribution in [2.24, 2.45) is 0 Å². The molecule has 1 aliphatic rings. The molecule has 0 atom stereocenters. The quantitative estimate of drug-likeness (QED) is 0.762. The maximum absolute atomic E-state index is 5.36. The Hall–Kier alpha value is -0.840. The lowest BCUT2D eigenvalue weighted by molar-refractivity contribution is 0.0414. The van der Waals surface area contributed by atoms with Gasteiger partial charge in [-0.05, 0) is 25.0 Å². The van der Waals surface area contributed by atoms with E-state index in [9.17, 15) is 0 Å². The molecule has 1 aliphatic heterocycles. The van der Waals surface area contributed by atoms with E-state index in [2.05, 4.69) is 10.2 Å². The minimum Gasteiger partial charge on any atom is -0.468 e. The molecule has 0 aliphatic carbocycles. The van der Waals surface area contributed by atoms with Gasteiger partial charge < -0.3 is 19.4 Å². The molecule has 96 valence electrons. The van der Waals surface area contributed by atoms with Crippen LogP contribution in [0.2, 0.25) is 0 Å². The maximum Gasteiger partial charge on any atom is 0.117 e. The fourth-order valence-corrected chi connectivity index (χ4v) is 2.23. The molecule has 1 fully saturated rings. The largest absolute Gasteiger partial charge is 0.468 e. The van der Waals surface area contributed by atoms with E-state index in [4.69, 9.17) is 9.15 Å². The number of nitrogens with zero attached hydrogens (tertiary/aromatic N) is 1. The highest BCUT2D eigenvalue weighted by molar-refractivity contribution is 4.97. The van der Waals surface area contributed by atoms with Crippen LogP contribution in [0.4, 0.5) is 0 Å². The Morgan fingerprint density at radius 3 is 2.94 bits per heavy atom. The van der Waals surface area contributed by atoms with Crippen LogP contribution >= 0.6 is 0 Å². The van der Waals surface area contributed by atoms with Crippen molar-refractivity contribution in [1.82, 2.24) is 10.2 Å². The van der Waals surface area contributed by atoms with Gasteiger partial charge in [-0.1, -0.05) is 0 Å². The van der Waals surface area contributed by atoms with Gasteiger partial charge in [0.05, 0.1) is 18.9 Å². The Kier molecular flexibility index (Phi) is 5.04. The third-order valence-corrected chi connectivity index (χ3v) is 3.35. The Morgan fingerprint density at radius 1 is 1.47 bits per heavy atom. The Balaban J connectivity index is 1.54. The molecule has 4 heteroatoms. The molecule has 1 aromatic heterocycles. The normalized spacial score (nSPS) is 18.6. The second kappa shape index (κ2) is 6.79. The third-order valence-electron chi connectivity index (χ3n) is 3.35. The topological polar surface area (TPSA) is 37.6 Å². The minimum absolute atomic E-state index is 0.474. The predicted octanol–water partition coefficient (Wildman–Crippen LogP) is 1.48. The molecule has 1 saturated heterocycles. The summed E-state index contributed by atoms with van der Waals surface area (Å²) in [6.07, 6.45) is 4.51. The maximum atomic E-state index is 5.36. The van der Waals surface area contributed by atoms with Crippen molar-refractivity contribution in [3.8, 4) is 0 Å². The number of methoxy groups -OCH3 is 1. The van der Waals surface area contributed by atoms with Gasteiger partial charge in [0.25, 0.3) is 0 Å². The van der Waals surface area contributed by atoms with Crippen molar-refractivity contribution in [3.63, 3.8) is 0 Å². The van der Waals surface area contributed by atoms with E-state index in [1.807, 2.05) is 19.2 Å². The fraction of sp³-hybridized carbons (Fsp3) is 0.692. The van der Waals surface area contributed by atoms with Crippen LogP contribution < -0.4 is 5.32 Å². The summed E-state index contributed by atoms with van der Waals surface area (Å²) in [6.45, 7) is 5.25. The van der Waals surface area contributed by atoms with E-state index >= 15 is 0 Å². The number of rotatable bonds is 6. The van der Waals surface area contributed by atoms with Crippen LogP contribution in [0.5, 0.6) is 0 Å². The highest BCUT2D eigenvalue weighted by Gasteiger charge is 2.17. The molecule has 17 heavy (non-hydrogen) atoms. The lowest BCUT2D eigenvalue weighted by atomic mass is 10.1. The summed E-state index contributed by atoms with van der Waals surface area (Å²) in [6, 6.07) is 3.92. The first-order valence-electron chi connectivity index (χ1n) is 6.36. The lowest BCUT2D eigenvalue weighted by Crippen LogP contribution is -2.40. The molecule has 4 nitrogen and oxygen atoms in total. The van der Waals surface area contributed by atoms with Crippen LogP contribution in [0.1, 0.15) is 18.6 Å². The van der Waals surface area contributed by atoms with E-state index in [-0.39, 0.29) is 0 Å². The van der Waals surface area contributed by atoms with E-state index < -0.39 is 0 Å². The number of hydrogen-bond donors (Lipinski definition) is 1. The van der Waals surface area contributed by atoms with Gasteiger partial charge in [0.2, 0.25) is 0 Å². The van der Waals surface area contributed by atoms with Crippen LogP contribution in [0.15, 0.2) is 22.8 Å². The SMILES string of the molecule is COC1CCN(CCNCc2ccco2)CC1. The van der Waals surface area contributed by atoms with Crippen LogP contribution in [-0.2, 0) is 11.3 Å². The number of furan rings is 1. The van der Waals surface area contributed by atoms with Gasteiger partial charge >= 0.3 is 0 Å². The summed E-state index contributed by atoms with van der Waals surface area (Å²) < 4.78 is 10.6. The number of hydrogen-bond acceptors (Lipinski definition) is 4. The monoisotopic (exact) mass is 238 g/mol. The van der Waals surface area contributed by atoms with Gasteiger partial charge in [0.15, 0.2) is 0 Å². The Morgan fingerprint density at radius 2 is 2.29 bits per heavy atom. The van der Waals surface area contributed by atoms with E-state index in [0.717, 1.165) is 51.3 Å². The second-order valence-electron chi connectivity index (χ2n) is 4.53. The van der Waals surface area contributed by atoms with E-state index in [1.54, 1.807) is 6.26 Å². The summed E-state index contributed by atoms with van der Waals surface area (Å²) in [7, 11) is 1.81.